The molecule has 0 aliphatic heterocycles. The predicted octanol–water partition coefficient (Wildman–Crippen LogP) is 1.05. The summed E-state index contributed by atoms with van der Waals surface area (Å²) in [6.45, 7) is 9.40. The van der Waals surface area contributed by atoms with Crippen LogP contribution in [0.25, 0.3) is 21.5 Å². The summed E-state index contributed by atoms with van der Waals surface area (Å²) in [6, 6.07) is 28.1. The van der Waals surface area contributed by atoms with Gasteiger partial charge in [0.2, 0.25) is 0 Å². The number of fused-ring (bicyclic) bond motifs is 2. The smallest absolute Gasteiger partial charge is 1.00 e. The molecule has 0 radical (unpaired) electrons. The molecule has 0 unspecified atom stereocenters. The number of halogens is 2. The fraction of sp³-hybridized carbons (Fsp3) is 0.250. The predicted molar refractivity (Wildman–Crippen MR) is 116 cm³/mol. The molecule has 0 saturated heterocycles. The van der Waals surface area contributed by atoms with E-state index in [1.165, 1.54) is 21.5 Å². The topological polar surface area (TPSA) is 0 Å². The fourth-order valence-electron chi connectivity index (χ4n) is 3.55. The van der Waals surface area contributed by atoms with E-state index in [2.05, 4.69) is 107 Å². The largest absolute Gasteiger partial charge is 4.00 e. The van der Waals surface area contributed by atoms with Crippen LogP contribution >= 0.6 is 7.92 Å². The number of rotatable bonds is 3. The summed E-state index contributed by atoms with van der Waals surface area (Å²) in [7, 11) is -0.0206. The number of hydrogen-bond acceptors (Lipinski definition) is 0. The molecule has 0 heterocycles. The van der Waals surface area contributed by atoms with Crippen LogP contribution in [0, 0.1) is 0 Å². The normalized spacial score (nSPS) is 10.2. The summed E-state index contributed by atoms with van der Waals surface area (Å²) in [5.74, 6) is 0. The van der Waals surface area contributed by atoms with E-state index in [1.54, 1.807) is 5.30 Å². The number of benzene rings is 2. The summed E-state index contributed by atoms with van der Waals surface area (Å²) in [5.41, 5.74) is 1.54. The van der Waals surface area contributed by atoms with Crippen molar-refractivity contribution in [2.24, 2.45) is 0 Å². The van der Waals surface area contributed by atoms with Gasteiger partial charge in [0.05, 0.1) is 0 Å². The van der Waals surface area contributed by atoms with Gasteiger partial charge in [0.1, 0.15) is 0 Å². The van der Waals surface area contributed by atoms with Crippen LogP contribution in [0.15, 0.2) is 78.9 Å². The number of hydrogen-bond donors (Lipinski definition) is 0. The summed E-state index contributed by atoms with van der Waals surface area (Å²) in [6.07, 6.45) is 0. The van der Waals surface area contributed by atoms with E-state index in [9.17, 15) is 0 Å². The van der Waals surface area contributed by atoms with Crippen LogP contribution in [0.5, 0.6) is 0 Å². The van der Waals surface area contributed by atoms with Crippen molar-refractivity contribution in [2.75, 3.05) is 0 Å². The molecule has 0 spiro atoms. The van der Waals surface area contributed by atoms with Gasteiger partial charge in [-0.05, 0) is 11.3 Å². The van der Waals surface area contributed by atoms with Crippen LogP contribution in [-0.2, 0) is 26.2 Å². The average molecular weight is 509 g/mol. The minimum Gasteiger partial charge on any atom is -1.00 e. The molecule has 0 fully saturated rings. The first-order chi connectivity index (χ1) is 12.1. The van der Waals surface area contributed by atoms with Gasteiger partial charge in [-0.1, -0.05) is 47.7 Å². The third-order valence-corrected chi connectivity index (χ3v) is 7.64. The van der Waals surface area contributed by atoms with E-state index in [-0.39, 0.29) is 58.9 Å². The zero-order valence-corrected chi connectivity index (χ0v) is 21.7. The van der Waals surface area contributed by atoms with E-state index in [0.717, 1.165) is 11.3 Å². The molecule has 0 saturated carbocycles. The first-order valence-corrected chi connectivity index (χ1v) is 10.6. The molecular formula is C24H27Cl2PZr. The Morgan fingerprint density at radius 2 is 1.25 bits per heavy atom. The van der Waals surface area contributed by atoms with Gasteiger partial charge in [-0.25, -0.2) is 0 Å². The second-order valence-electron chi connectivity index (χ2n) is 7.09. The minimum absolute atomic E-state index is 0. The van der Waals surface area contributed by atoms with E-state index in [4.69, 9.17) is 0 Å². The van der Waals surface area contributed by atoms with E-state index >= 15 is 0 Å². The molecule has 28 heavy (non-hydrogen) atoms. The second-order valence-corrected chi connectivity index (χ2v) is 10.5. The van der Waals surface area contributed by atoms with Crippen LogP contribution in [0.1, 0.15) is 27.7 Å². The Bertz CT molecular complexity index is 869. The molecule has 4 heteroatoms. The quantitative estimate of drug-likeness (QED) is 0.287. The van der Waals surface area contributed by atoms with Gasteiger partial charge in [-0.3, -0.25) is 0 Å². The molecule has 0 amide bonds. The van der Waals surface area contributed by atoms with Crippen molar-refractivity contribution in [2.45, 2.75) is 39.0 Å². The van der Waals surface area contributed by atoms with Gasteiger partial charge < -0.3 is 24.8 Å². The molecule has 146 valence electrons. The SMILES string of the molecule is CC(C)P(c1cc2ccccc2[cH-]1)C(C)C.[Cl-].[Cl-].[Zr+4].c1ccc2[cH-]ccc2c1. The van der Waals surface area contributed by atoms with Crippen molar-refractivity contribution in [3.8, 4) is 0 Å². The van der Waals surface area contributed by atoms with Crippen molar-refractivity contribution in [3.63, 3.8) is 0 Å². The van der Waals surface area contributed by atoms with Crippen LogP contribution in [0.2, 0.25) is 0 Å². The first-order valence-electron chi connectivity index (χ1n) is 9.10. The maximum Gasteiger partial charge on any atom is 4.00 e. The van der Waals surface area contributed by atoms with Crippen molar-refractivity contribution >= 4 is 34.8 Å². The van der Waals surface area contributed by atoms with E-state index in [1.807, 2.05) is 0 Å². The van der Waals surface area contributed by atoms with Crippen molar-refractivity contribution < 1.29 is 51.0 Å². The average Bonchev–Trinajstić information content (AvgIpc) is 3.21. The maximum atomic E-state index is 2.39. The van der Waals surface area contributed by atoms with Gasteiger partial charge in [0, 0.05) is 0 Å². The molecule has 0 nitrogen and oxygen atoms in total. The van der Waals surface area contributed by atoms with Crippen LogP contribution in [-0.4, -0.2) is 11.3 Å². The summed E-state index contributed by atoms with van der Waals surface area (Å²) in [5, 5.41) is 7.02. The Balaban J connectivity index is 0.000000525. The zero-order valence-electron chi connectivity index (χ0n) is 16.9. The molecule has 0 bridgehead atoms. The summed E-state index contributed by atoms with van der Waals surface area (Å²) >= 11 is 0. The van der Waals surface area contributed by atoms with Crippen molar-refractivity contribution in [3.05, 3.63) is 78.9 Å². The van der Waals surface area contributed by atoms with Crippen LogP contribution in [0.4, 0.5) is 0 Å². The van der Waals surface area contributed by atoms with Gasteiger partial charge in [-0.2, -0.15) is 23.6 Å². The second kappa shape index (κ2) is 13.0. The third-order valence-electron chi connectivity index (χ3n) is 4.56. The molecule has 0 N–H and O–H groups in total. The van der Waals surface area contributed by atoms with Crippen LogP contribution < -0.4 is 30.1 Å². The standard InChI is InChI=1S/C15H20P.C9H7.2ClH.Zr/c1-11(2)16(12(3)4)15-9-13-7-5-6-8-14(13)10-15;1-2-5-9-7-3-6-8(9)4-1;;;/h5-12H,1-4H3;1-7H;2*1H;/q2*-1;;;+4/p-2. The van der Waals surface area contributed by atoms with Gasteiger partial charge in [0.15, 0.2) is 0 Å². The van der Waals surface area contributed by atoms with Gasteiger partial charge >= 0.3 is 26.2 Å². The fourth-order valence-corrected chi connectivity index (χ4v) is 6.51. The van der Waals surface area contributed by atoms with E-state index in [0.29, 0.717) is 0 Å². The Morgan fingerprint density at radius 1 is 0.714 bits per heavy atom. The molecule has 4 aromatic rings. The molecule has 4 aromatic carbocycles. The third kappa shape index (κ3) is 6.81. The summed E-state index contributed by atoms with van der Waals surface area (Å²) < 4.78 is 0. The van der Waals surface area contributed by atoms with Gasteiger partial charge in [0.25, 0.3) is 0 Å². The van der Waals surface area contributed by atoms with Gasteiger partial charge in [-0.15, -0.1) is 70.0 Å². The molecular weight excluding hydrogens is 481 g/mol. The van der Waals surface area contributed by atoms with Crippen LogP contribution in [0.3, 0.4) is 0 Å². The summed E-state index contributed by atoms with van der Waals surface area (Å²) in [4.78, 5) is 0. The Hall–Kier alpha value is -0.447. The Kier molecular flexibility index (Phi) is 12.8. The van der Waals surface area contributed by atoms with Crippen molar-refractivity contribution in [1.29, 1.82) is 0 Å². The molecule has 4 rings (SSSR count). The molecule has 0 atom stereocenters. The zero-order chi connectivity index (χ0) is 17.8. The molecule has 0 aromatic heterocycles. The monoisotopic (exact) mass is 506 g/mol. The van der Waals surface area contributed by atoms with E-state index < -0.39 is 0 Å². The maximum absolute atomic E-state index is 2.39. The molecule has 0 aliphatic rings. The minimum atomic E-state index is -0.0206. The Labute approximate surface area is 202 Å². The molecule has 0 aliphatic carbocycles. The Morgan fingerprint density at radius 3 is 1.79 bits per heavy atom. The van der Waals surface area contributed by atoms with Crippen molar-refractivity contribution in [1.82, 2.24) is 0 Å². The first kappa shape index (κ1) is 27.6.